The van der Waals surface area contributed by atoms with Crippen molar-refractivity contribution in [3.05, 3.63) is 28.8 Å². The van der Waals surface area contributed by atoms with Gasteiger partial charge in [0.2, 0.25) is 0 Å². The molecular formula is C12H19NS. The first-order valence-electron chi connectivity index (χ1n) is 5.12. The maximum atomic E-state index is 5.57. The molecule has 0 aliphatic heterocycles. The lowest BCUT2D eigenvalue weighted by Crippen LogP contribution is -2.04. The highest BCUT2D eigenvalue weighted by atomic mass is 32.2. The molecule has 1 rings (SSSR count). The third-order valence-electron chi connectivity index (χ3n) is 2.35. The van der Waals surface area contributed by atoms with Crippen molar-refractivity contribution in [2.75, 3.05) is 12.3 Å². The Balaban J connectivity index is 2.97. The van der Waals surface area contributed by atoms with Crippen molar-refractivity contribution in [3.8, 4) is 0 Å². The minimum atomic E-state index is 0.737. The van der Waals surface area contributed by atoms with Crippen molar-refractivity contribution in [2.24, 2.45) is 5.73 Å². The lowest BCUT2D eigenvalue weighted by atomic mass is 10.0. The number of hydrogen-bond acceptors (Lipinski definition) is 2. The van der Waals surface area contributed by atoms with E-state index >= 15 is 0 Å². The van der Waals surface area contributed by atoms with Gasteiger partial charge in [0.1, 0.15) is 0 Å². The molecule has 0 fully saturated rings. The Bertz CT molecular complexity index is 276. The molecule has 2 heteroatoms. The molecule has 1 aromatic carbocycles. The summed E-state index contributed by atoms with van der Waals surface area (Å²) in [5, 5.41) is 0. The molecule has 0 heterocycles. The largest absolute Gasteiger partial charge is 0.330 e. The number of rotatable bonds is 4. The van der Waals surface area contributed by atoms with Crippen molar-refractivity contribution in [3.63, 3.8) is 0 Å². The highest BCUT2D eigenvalue weighted by Crippen LogP contribution is 2.25. The van der Waals surface area contributed by atoms with Gasteiger partial charge in [0.25, 0.3) is 0 Å². The van der Waals surface area contributed by atoms with E-state index in [1.807, 2.05) is 11.8 Å². The third kappa shape index (κ3) is 2.76. The van der Waals surface area contributed by atoms with E-state index in [1.165, 1.54) is 21.6 Å². The summed E-state index contributed by atoms with van der Waals surface area (Å²) in [7, 11) is 0. The number of aryl methyl sites for hydroxylation is 2. The molecule has 0 aliphatic carbocycles. The van der Waals surface area contributed by atoms with E-state index in [0.29, 0.717) is 0 Å². The van der Waals surface area contributed by atoms with Crippen LogP contribution in [0.25, 0.3) is 0 Å². The Hall–Kier alpha value is -0.470. The lowest BCUT2D eigenvalue weighted by Gasteiger charge is -2.10. The molecule has 0 aliphatic rings. The maximum absolute atomic E-state index is 5.57. The van der Waals surface area contributed by atoms with Gasteiger partial charge in [-0.15, -0.1) is 11.8 Å². The molecule has 0 saturated heterocycles. The monoisotopic (exact) mass is 209 g/mol. The van der Waals surface area contributed by atoms with Crippen LogP contribution in [0.5, 0.6) is 0 Å². The van der Waals surface area contributed by atoms with E-state index < -0.39 is 0 Å². The van der Waals surface area contributed by atoms with Crippen LogP contribution in [0, 0.1) is 13.8 Å². The average Bonchev–Trinajstić information content (AvgIpc) is 2.14. The van der Waals surface area contributed by atoms with E-state index in [2.05, 4.69) is 32.9 Å². The van der Waals surface area contributed by atoms with Gasteiger partial charge in [-0.05, 0) is 55.3 Å². The van der Waals surface area contributed by atoms with Crippen LogP contribution in [0.1, 0.15) is 23.6 Å². The predicted molar refractivity (Wildman–Crippen MR) is 65.1 cm³/mol. The molecule has 0 aromatic heterocycles. The molecule has 0 bridgehead atoms. The van der Waals surface area contributed by atoms with E-state index in [0.717, 1.165) is 18.7 Å². The number of hydrogen-bond donors (Lipinski definition) is 1. The standard InChI is InChI=1S/C12H19NS/c1-4-14-12-8-9(2)11(5-6-13)7-10(12)3/h7-8H,4-6,13H2,1-3H3. The number of nitrogens with two attached hydrogens (primary N) is 1. The average molecular weight is 209 g/mol. The summed E-state index contributed by atoms with van der Waals surface area (Å²) < 4.78 is 0. The van der Waals surface area contributed by atoms with Crippen LogP contribution in [-0.4, -0.2) is 12.3 Å². The van der Waals surface area contributed by atoms with Gasteiger partial charge in [0, 0.05) is 4.90 Å². The van der Waals surface area contributed by atoms with E-state index in [-0.39, 0.29) is 0 Å². The molecule has 1 aromatic rings. The summed E-state index contributed by atoms with van der Waals surface area (Å²) >= 11 is 1.91. The Morgan fingerprint density at radius 2 is 1.93 bits per heavy atom. The summed E-state index contributed by atoms with van der Waals surface area (Å²) in [5.41, 5.74) is 9.72. The van der Waals surface area contributed by atoms with Crippen LogP contribution in [0.4, 0.5) is 0 Å². The topological polar surface area (TPSA) is 26.0 Å². The Kier molecular flexibility index (Phi) is 4.49. The van der Waals surface area contributed by atoms with Crippen molar-refractivity contribution >= 4 is 11.8 Å². The normalized spacial score (nSPS) is 10.6. The first-order valence-corrected chi connectivity index (χ1v) is 6.10. The highest BCUT2D eigenvalue weighted by molar-refractivity contribution is 7.99. The Morgan fingerprint density at radius 3 is 2.50 bits per heavy atom. The minimum absolute atomic E-state index is 0.737. The fourth-order valence-corrected chi connectivity index (χ4v) is 2.44. The molecule has 1 nitrogen and oxygen atoms in total. The van der Waals surface area contributed by atoms with Crippen molar-refractivity contribution in [1.29, 1.82) is 0 Å². The quantitative estimate of drug-likeness (QED) is 0.772. The van der Waals surface area contributed by atoms with Crippen molar-refractivity contribution in [2.45, 2.75) is 32.1 Å². The smallest absolute Gasteiger partial charge is 0.0104 e. The molecular weight excluding hydrogens is 190 g/mol. The zero-order valence-corrected chi connectivity index (χ0v) is 10.1. The molecule has 0 unspecified atom stereocenters. The van der Waals surface area contributed by atoms with Gasteiger partial charge in [-0.1, -0.05) is 13.0 Å². The molecule has 0 saturated carbocycles. The zero-order valence-electron chi connectivity index (χ0n) is 9.26. The van der Waals surface area contributed by atoms with E-state index in [1.54, 1.807) is 0 Å². The molecule has 78 valence electrons. The second-order valence-electron chi connectivity index (χ2n) is 3.52. The fraction of sp³-hybridized carbons (Fsp3) is 0.500. The van der Waals surface area contributed by atoms with E-state index in [4.69, 9.17) is 5.73 Å². The summed E-state index contributed by atoms with van der Waals surface area (Å²) in [5.74, 6) is 1.14. The van der Waals surface area contributed by atoms with Crippen LogP contribution in [0.15, 0.2) is 17.0 Å². The van der Waals surface area contributed by atoms with Gasteiger partial charge in [-0.2, -0.15) is 0 Å². The number of thioether (sulfide) groups is 1. The molecule has 0 atom stereocenters. The predicted octanol–water partition coefficient (Wildman–Crippen LogP) is 2.92. The Labute approximate surface area is 91.1 Å². The van der Waals surface area contributed by atoms with Gasteiger partial charge in [0.15, 0.2) is 0 Å². The van der Waals surface area contributed by atoms with Crippen LogP contribution in [-0.2, 0) is 6.42 Å². The van der Waals surface area contributed by atoms with E-state index in [9.17, 15) is 0 Å². The molecule has 14 heavy (non-hydrogen) atoms. The van der Waals surface area contributed by atoms with Crippen LogP contribution in [0.2, 0.25) is 0 Å². The van der Waals surface area contributed by atoms with Crippen LogP contribution in [0.3, 0.4) is 0 Å². The minimum Gasteiger partial charge on any atom is -0.330 e. The second kappa shape index (κ2) is 5.42. The molecule has 0 spiro atoms. The number of benzene rings is 1. The van der Waals surface area contributed by atoms with Crippen LogP contribution < -0.4 is 5.73 Å². The second-order valence-corrected chi connectivity index (χ2v) is 4.82. The summed E-state index contributed by atoms with van der Waals surface area (Å²) in [6, 6.07) is 4.56. The third-order valence-corrected chi connectivity index (χ3v) is 3.39. The zero-order chi connectivity index (χ0) is 10.6. The first-order chi connectivity index (χ1) is 6.69. The van der Waals surface area contributed by atoms with Gasteiger partial charge in [-0.3, -0.25) is 0 Å². The SMILES string of the molecule is CCSc1cc(C)c(CCN)cc1C. The molecule has 0 amide bonds. The molecule has 2 N–H and O–H groups in total. The highest BCUT2D eigenvalue weighted by Gasteiger charge is 2.03. The van der Waals surface area contributed by atoms with Gasteiger partial charge in [-0.25, -0.2) is 0 Å². The fourth-order valence-electron chi connectivity index (χ4n) is 1.59. The van der Waals surface area contributed by atoms with Crippen molar-refractivity contribution < 1.29 is 0 Å². The maximum Gasteiger partial charge on any atom is 0.0104 e. The van der Waals surface area contributed by atoms with Crippen molar-refractivity contribution in [1.82, 2.24) is 0 Å². The summed E-state index contributed by atoms with van der Waals surface area (Å²) in [6.45, 7) is 7.27. The van der Waals surface area contributed by atoms with Crippen LogP contribution >= 0.6 is 11.8 Å². The van der Waals surface area contributed by atoms with Gasteiger partial charge in [0.05, 0.1) is 0 Å². The Morgan fingerprint density at radius 1 is 1.21 bits per heavy atom. The van der Waals surface area contributed by atoms with Gasteiger partial charge >= 0.3 is 0 Å². The summed E-state index contributed by atoms with van der Waals surface area (Å²) in [4.78, 5) is 1.41. The molecule has 0 radical (unpaired) electrons. The van der Waals surface area contributed by atoms with Gasteiger partial charge < -0.3 is 5.73 Å². The summed E-state index contributed by atoms with van der Waals surface area (Å²) in [6.07, 6.45) is 0.990. The first kappa shape index (κ1) is 11.6. The lowest BCUT2D eigenvalue weighted by molar-refractivity contribution is 0.950.